The molecule has 7 nitrogen and oxygen atoms in total. The monoisotopic (exact) mass is 438 g/mol. The summed E-state index contributed by atoms with van der Waals surface area (Å²) >= 11 is 1.42. The first-order valence-electron chi connectivity index (χ1n) is 9.18. The van der Waals surface area contributed by atoms with Gasteiger partial charge in [0.05, 0.1) is 10.6 Å². The number of aliphatic imine (C=N–C) groups is 1. The standard InChI is InChI=1S/C21H20N5O2S2/c1-15-8-9-16(2)26(15)30(27,28)19-12-10-18(11-13-19)24-21(22)25-20(29-14-23-25)17-6-4-3-5-7-17/h3-13,20H,1-2H3,(H2,22,24). The van der Waals surface area contributed by atoms with Crippen LogP contribution in [0.15, 0.2) is 81.7 Å². The molecule has 1 atom stereocenters. The number of rotatable bonds is 4. The lowest BCUT2D eigenvalue weighted by Crippen LogP contribution is -2.32. The van der Waals surface area contributed by atoms with Crippen molar-refractivity contribution in [3.63, 3.8) is 0 Å². The van der Waals surface area contributed by atoms with E-state index in [1.165, 1.54) is 27.9 Å². The van der Waals surface area contributed by atoms with Crippen LogP contribution >= 0.6 is 11.8 Å². The Kier molecular flexibility index (Phi) is 5.40. The van der Waals surface area contributed by atoms with Gasteiger partial charge in [0.2, 0.25) is 5.96 Å². The van der Waals surface area contributed by atoms with E-state index in [4.69, 9.17) is 5.73 Å². The molecule has 4 rings (SSSR count). The van der Waals surface area contributed by atoms with Crippen LogP contribution in [0.4, 0.5) is 5.69 Å². The number of aromatic nitrogens is 1. The van der Waals surface area contributed by atoms with Crippen molar-refractivity contribution < 1.29 is 8.42 Å². The van der Waals surface area contributed by atoms with E-state index in [1.54, 1.807) is 43.1 Å². The SMILES string of the molecule is Cc1ccc(C)n1S(=O)(=O)c1ccc(N=C(N)N2N=[C]SC2c2ccccc2)cc1. The number of hydrazone groups is 1. The van der Waals surface area contributed by atoms with Gasteiger partial charge in [-0.25, -0.2) is 22.4 Å². The van der Waals surface area contributed by atoms with Crippen LogP contribution in [-0.2, 0) is 10.0 Å². The molecule has 0 saturated heterocycles. The molecule has 30 heavy (non-hydrogen) atoms. The Balaban J connectivity index is 1.59. The normalized spacial score (nSPS) is 16.9. The number of aryl methyl sites for hydroxylation is 2. The highest BCUT2D eigenvalue weighted by molar-refractivity contribution is 8.12. The van der Waals surface area contributed by atoms with Crippen LogP contribution in [0.25, 0.3) is 0 Å². The van der Waals surface area contributed by atoms with Gasteiger partial charge in [0.1, 0.15) is 5.37 Å². The van der Waals surface area contributed by atoms with Crippen LogP contribution in [0.3, 0.4) is 0 Å². The molecular weight excluding hydrogens is 418 g/mol. The summed E-state index contributed by atoms with van der Waals surface area (Å²) in [5.74, 6) is 0.203. The average Bonchev–Trinajstić information content (AvgIpc) is 3.36. The average molecular weight is 439 g/mol. The number of nitrogens with two attached hydrogens (primary N) is 1. The van der Waals surface area contributed by atoms with Crippen molar-refractivity contribution in [2.45, 2.75) is 24.1 Å². The van der Waals surface area contributed by atoms with E-state index in [2.05, 4.69) is 15.6 Å². The first-order chi connectivity index (χ1) is 14.4. The van der Waals surface area contributed by atoms with Crippen molar-refractivity contribution in [2.24, 2.45) is 15.8 Å². The van der Waals surface area contributed by atoms with Crippen molar-refractivity contribution in [1.82, 2.24) is 8.98 Å². The molecule has 0 amide bonds. The maximum Gasteiger partial charge on any atom is 0.268 e. The fourth-order valence-electron chi connectivity index (χ4n) is 3.23. The summed E-state index contributed by atoms with van der Waals surface area (Å²) in [6, 6.07) is 19.7. The zero-order valence-corrected chi connectivity index (χ0v) is 18.1. The van der Waals surface area contributed by atoms with E-state index in [0.717, 1.165) is 5.56 Å². The summed E-state index contributed by atoms with van der Waals surface area (Å²) in [4.78, 5) is 4.60. The molecule has 0 aliphatic carbocycles. The minimum absolute atomic E-state index is 0.144. The Morgan fingerprint density at radius 3 is 2.30 bits per heavy atom. The number of hydrogen-bond donors (Lipinski definition) is 1. The van der Waals surface area contributed by atoms with Crippen molar-refractivity contribution >= 4 is 39.0 Å². The molecule has 2 N–H and O–H groups in total. The fraction of sp³-hybridized carbons (Fsp3) is 0.143. The summed E-state index contributed by atoms with van der Waals surface area (Å²) in [7, 11) is -3.67. The van der Waals surface area contributed by atoms with Gasteiger partial charge in [0, 0.05) is 11.4 Å². The lowest BCUT2D eigenvalue weighted by atomic mass is 10.2. The van der Waals surface area contributed by atoms with Crippen molar-refractivity contribution in [1.29, 1.82) is 0 Å². The molecule has 0 saturated carbocycles. The fourth-order valence-corrected chi connectivity index (χ4v) is 5.59. The Morgan fingerprint density at radius 2 is 1.67 bits per heavy atom. The van der Waals surface area contributed by atoms with E-state index in [1.807, 2.05) is 30.3 Å². The molecule has 3 aromatic rings. The number of thioether (sulfide) groups is 1. The van der Waals surface area contributed by atoms with E-state index in [0.29, 0.717) is 17.1 Å². The van der Waals surface area contributed by atoms with Crippen LogP contribution < -0.4 is 5.73 Å². The van der Waals surface area contributed by atoms with Gasteiger partial charge in [-0.2, -0.15) is 5.10 Å². The summed E-state index contributed by atoms with van der Waals surface area (Å²) in [5.41, 5.74) is 11.9. The third kappa shape index (κ3) is 3.73. The molecule has 1 radical (unpaired) electrons. The van der Waals surface area contributed by atoms with Gasteiger partial charge in [-0.05, 0) is 55.8 Å². The van der Waals surface area contributed by atoms with E-state index < -0.39 is 10.0 Å². The molecule has 1 aliphatic rings. The van der Waals surface area contributed by atoms with Crippen LogP contribution in [0.2, 0.25) is 0 Å². The van der Waals surface area contributed by atoms with Gasteiger partial charge in [-0.3, -0.25) is 0 Å². The van der Waals surface area contributed by atoms with Gasteiger partial charge < -0.3 is 5.73 Å². The quantitative estimate of drug-likeness (QED) is 0.493. The molecule has 153 valence electrons. The van der Waals surface area contributed by atoms with Gasteiger partial charge >= 0.3 is 0 Å². The topological polar surface area (TPSA) is 93.0 Å². The Hall–Kier alpha value is -3.04. The maximum absolute atomic E-state index is 12.9. The highest BCUT2D eigenvalue weighted by atomic mass is 32.2. The Morgan fingerprint density at radius 1 is 1.03 bits per heavy atom. The third-order valence-electron chi connectivity index (χ3n) is 4.68. The van der Waals surface area contributed by atoms with Crippen LogP contribution in [-0.4, -0.2) is 28.9 Å². The third-order valence-corrected chi connectivity index (χ3v) is 7.49. The molecule has 1 aromatic heterocycles. The van der Waals surface area contributed by atoms with Crippen LogP contribution in [0, 0.1) is 13.8 Å². The molecule has 2 heterocycles. The van der Waals surface area contributed by atoms with Gasteiger partial charge in [0.25, 0.3) is 10.0 Å². The molecule has 0 spiro atoms. The zero-order chi connectivity index (χ0) is 21.3. The second-order valence-corrected chi connectivity index (χ2v) is 9.42. The first-order valence-corrected chi connectivity index (χ1v) is 11.5. The second kappa shape index (κ2) is 8.00. The van der Waals surface area contributed by atoms with Gasteiger partial charge in [-0.15, -0.1) is 0 Å². The van der Waals surface area contributed by atoms with Crippen molar-refractivity contribution in [3.05, 3.63) is 83.7 Å². The molecule has 0 fully saturated rings. The highest BCUT2D eigenvalue weighted by Gasteiger charge is 2.27. The molecule has 1 aliphatic heterocycles. The predicted octanol–water partition coefficient (Wildman–Crippen LogP) is 3.86. The number of benzene rings is 2. The summed E-state index contributed by atoms with van der Waals surface area (Å²) in [6.07, 6.45) is 0. The van der Waals surface area contributed by atoms with E-state index in [9.17, 15) is 8.42 Å². The second-order valence-electron chi connectivity index (χ2n) is 6.77. The zero-order valence-electron chi connectivity index (χ0n) is 16.4. The number of hydrogen-bond acceptors (Lipinski definition) is 5. The van der Waals surface area contributed by atoms with Gasteiger partial charge in [0.15, 0.2) is 5.55 Å². The highest BCUT2D eigenvalue weighted by Crippen LogP contribution is 2.36. The predicted molar refractivity (Wildman–Crippen MR) is 120 cm³/mol. The molecular formula is C21H20N5O2S2. The minimum atomic E-state index is -3.67. The molecule has 9 heteroatoms. The first kappa shape index (κ1) is 20.2. The lowest BCUT2D eigenvalue weighted by Gasteiger charge is -2.21. The van der Waals surface area contributed by atoms with Crippen LogP contribution in [0.5, 0.6) is 0 Å². The Bertz CT molecular complexity index is 1200. The molecule has 2 aromatic carbocycles. The maximum atomic E-state index is 12.9. The number of nitrogens with zero attached hydrogens (tertiary/aromatic N) is 4. The van der Waals surface area contributed by atoms with Crippen molar-refractivity contribution in [2.75, 3.05) is 0 Å². The minimum Gasteiger partial charge on any atom is -0.368 e. The number of guanidine groups is 1. The lowest BCUT2D eigenvalue weighted by molar-refractivity contribution is 0.435. The summed E-state index contributed by atoms with van der Waals surface area (Å²) in [6.45, 7) is 3.53. The molecule has 0 bridgehead atoms. The smallest absolute Gasteiger partial charge is 0.268 e. The summed E-state index contributed by atoms with van der Waals surface area (Å²) in [5, 5.41) is 5.64. The van der Waals surface area contributed by atoms with Gasteiger partial charge in [-0.1, -0.05) is 42.1 Å². The largest absolute Gasteiger partial charge is 0.368 e. The summed E-state index contributed by atoms with van der Waals surface area (Å²) < 4.78 is 27.2. The van der Waals surface area contributed by atoms with E-state index >= 15 is 0 Å². The van der Waals surface area contributed by atoms with Crippen molar-refractivity contribution in [3.8, 4) is 0 Å². The van der Waals surface area contributed by atoms with E-state index in [-0.39, 0.29) is 16.2 Å². The van der Waals surface area contributed by atoms with Crippen LogP contribution in [0.1, 0.15) is 22.3 Å². The molecule has 1 unspecified atom stereocenters. The Labute approximate surface area is 180 Å².